The van der Waals surface area contributed by atoms with Crippen LogP contribution in [-0.2, 0) is 11.3 Å². The van der Waals surface area contributed by atoms with Crippen LogP contribution in [0, 0.1) is 0 Å². The van der Waals surface area contributed by atoms with Crippen molar-refractivity contribution in [3.05, 3.63) is 23.8 Å². The number of amides is 1. The molecule has 1 heterocycles. The Morgan fingerprint density at radius 3 is 3.06 bits per heavy atom. The zero-order chi connectivity index (χ0) is 13.1. The minimum Gasteiger partial charge on any atom is -0.482 e. The van der Waals surface area contributed by atoms with Crippen LogP contribution in [0.3, 0.4) is 0 Å². The lowest BCUT2D eigenvalue weighted by Crippen LogP contribution is -2.36. The fourth-order valence-corrected chi connectivity index (χ4v) is 1.94. The molecule has 0 unspecified atom stereocenters. The van der Waals surface area contributed by atoms with Gasteiger partial charge in [0.05, 0.1) is 12.4 Å². The SMILES string of the molecule is CN(CNN)Cc1ccc2c(c1)N(C)C(=O)CO2. The molecule has 98 valence electrons. The lowest BCUT2D eigenvalue weighted by molar-refractivity contribution is -0.120. The summed E-state index contributed by atoms with van der Waals surface area (Å²) in [5.74, 6) is 5.99. The third kappa shape index (κ3) is 2.61. The van der Waals surface area contributed by atoms with E-state index < -0.39 is 0 Å². The van der Waals surface area contributed by atoms with Crippen molar-refractivity contribution in [2.75, 3.05) is 32.3 Å². The highest BCUT2D eigenvalue weighted by atomic mass is 16.5. The molecular weight excluding hydrogens is 232 g/mol. The van der Waals surface area contributed by atoms with Crippen molar-refractivity contribution >= 4 is 11.6 Å². The maximum absolute atomic E-state index is 11.6. The fourth-order valence-electron chi connectivity index (χ4n) is 1.94. The van der Waals surface area contributed by atoms with Gasteiger partial charge < -0.3 is 9.64 Å². The molecule has 0 saturated heterocycles. The number of carbonyl (C=O) groups is 1. The number of anilines is 1. The molecule has 2 rings (SSSR count). The Labute approximate surface area is 106 Å². The van der Waals surface area contributed by atoms with Crippen molar-refractivity contribution in [1.82, 2.24) is 10.3 Å². The molecule has 0 aliphatic carbocycles. The number of nitrogens with zero attached hydrogens (tertiary/aromatic N) is 2. The summed E-state index contributed by atoms with van der Waals surface area (Å²) in [5.41, 5.74) is 4.53. The molecule has 6 nitrogen and oxygen atoms in total. The third-order valence-corrected chi connectivity index (χ3v) is 2.92. The number of hydrogen-bond donors (Lipinski definition) is 2. The van der Waals surface area contributed by atoms with Gasteiger partial charge in [0.15, 0.2) is 6.61 Å². The number of hydrogen-bond acceptors (Lipinski definition) is 5. The van der Waals surface area contributed by atoms with Crippen LogP contribution in [0.15, 0.2) is 18.2 Å². The largest absolute Gasteiger partial charge is 0.482 e. The standard InChI is InChI=1S/C12H18N4O2/c1-15(8-14-13)6-9-3-4-11-10(5-9)16(2)12(17)7-18-11/h3-5,14H,6-8,13H2,1-2H3. The van der Waals surface area contributed by atoms with Crippen molar-refractivity contribution in [3.8, 4) is 5.75 Å². The van der Waals surface area contributed by atoms with E-state index in [0.717, 1.165) is 23.5 Å². The smallest absolute Gasteiger partial charge is 0.264 e. The van der Waals surface area contributed by atoms with Gasteiger partial charge in [0.25, 0.3) is 5.91 Å². The average Bonchev–Trinajstić information content (AvgIpc) is 2.35. The summed E-state index contributed by atoms with van der Waals surface area (Å²) in [4.78, 5) is 15.2. The Balaban J connectivity index is 2.18. The highest BCUT2D eigenvalue weighted by Gasteiger charge is 2.22. The average molecular weight is 250 g/mol. The van der Waals surface area contributed by atoms with Gasteiger partial charge in [0.2, 0.25) is 0 Å². The zero-order valence-electron chi connectivity index (χ0n) is 10.6. The first-order chi connectivity index (χ1) is 8.61. The number of hydrazine groups is 1. The molecule has 6 heteroatoms. The summed E-state index contributed by atoms with van der Waals surface area (Å²) in [7, 11) is 3.73. The Morgan fingerprint density at radius 2 is 2.33 bits per heavy atom. The number of rotatable bonds is 4. The van der Waals surface area contributed by atoms with Crippen LogP contribution < -0.4 is 20.9 Å². The number of nitrogens with two attached hydrogens (primary N) is 1. The summed E-state index contributed by atoms with van der Waals surface area (Å²) in [6, 6.07) is 5.87. The lowest BCUT2D eigenvalue weighted by atomic mass is 10.1. The molecule has 0 radical (unpaired) electrons. The van der Waals surface area contributed by atoms with E-state index in [1.807, 2.05) is 30.1 Å². The number of benzene rings is 1. The highest BCUT2D eigenvalue weighted by Crippen LogP contribution is 2.32. The number of carbonyl (C=O) groups excluding carboxylic acids is 1. The van der Waals surface area contributed by atoms with Crippen LogP contribution >= 0.6 is 0 Å². The van der Waals surface area contributed by atoms with Gasteiger partial charge in [-0.3, -0.25) is 15.5 Å². The van der Waals surface area contributed by atoms with Gasteiger partial charge in [-0.25, -0.2) is 5.43 Å². The molecule has 0 bridgehead atoms. The predicted molar refractivity (Wildman–Crippen MR) is 69.0 cm³/mol. The molecule has 0 spiro atoms. The van der Waals surface area contributed by atoms with Gasteiger partial charge in [-0.05, 0) is 24.7 Å². The van der Waals surface area contributed by atoms with Crippen LogP contribution in [0.4, 0.5) is 5.69 Å². The Kier molecular flexibility index (Phi) is 3.81. The number of fused-ring (bicyclic) bond motifs is 1. The van der Waals surface area contributed by atoms with E-state index in [1.54, 1.807) is 11.9 Å². The van der Waals surface area contributed by atoms with Crippen molar-refractivity contribution in [2.45, 2.75) is 6.54 Å². The third-order valence-electron chi connectivity index (χ3n) is 2.92. The first-order valence-corrected chi connectivity index (χ1v) is 5.76. The second-order valence-electron chi connectivity index (χ2n) is 4.42. The van der Waals surface area contributed by atoms with Crippen molar-refractivity contribution in [3.63, 3.8) is 0 Å². The van der Waals surface area contributed by atoms with Gasteiger partial charge >= 0.3 is 0 Å². The van der Waals surface area contributed by atoms with E-state index >= 15 is 0 Å². The van der Waals surface area contributed by atoms with Gasteiger partial charge in [-0.15, -0.1) is 0 Å². The molecule has 1 aliphatic rings. The van der Waals surface area contributed by atoms with Gasteiger partial charge in [0.1, 0.15) is 5.75 Å². The molecule has 0 aromatic heterocycles. The Bertz CT molecular complexity index is 450. The molecular formula is C12H18N4O2. The first-order valence-electron chi connectivity index (χ1n) is 5.76. The van der Waals surface area contributed by atoms with Crippen molar-refractivity contribution < 1.29 is 9.53 Å². The van der Waals surface area contributed by atoms with Crippen LogP contribution in [0.1, 0.15) is 5.56 Å². The van der Waals surface area contributed by atoms with E-state index in [-0.39, 0.29) is 12.5 Å². The minimum atomic E-state index is -0.0309. The van der Waals surface area contributed by atoms with Gasteiger partial charge in [0, 0.05) is 13.6 Å². The molecule has 18 heavy (non-hydrogen) atoms. The van der Waals surface area contributed by atoms with Crippen molar-refractivity contribution in [1.29, 1.82) is 0 Å². The summed E-state index contributed by atoms with van der Waals surface area (Å²) in [6.07, 6.45) is 0. The highest BCUT2D eigenvalue weighted by molar-refractivity contribution is 5.97. The van der Waals surface area contributed by atoms with E-state index in [9.17, 15) is 4.79 Å². The summed E-state index contributed by atoms with van der Waals surface area (Å²) in [5, 5.41) is 0. The number of ether oxygens (including phenoxy) is 1. The maximum atomic E-state index is 11.6. The van der Waals surface area contributed by atoms with E-state index in [0.29, 0.717) is 6.67 Å². The molecule has 0 fully saturated rings. The summed E-state index contributed by atoms with van der Waals surface area (Å²) in [6.45, 7) is 1.46. The molecule has 1 aromatic rings. The molecule has 0 atom stereocenters. The quantitative estimate of drug-likeness (QED) is 0.443. The van der Waals surface area contributed by atoms with Crippen LogP contribution in [0.2, 0.25) is 0 Å². The topological polar surface area (TPSA) is 70.8 Å². The van der Waals surface area contributed by atoms with Crippen LogP contribution in [-0.4, -0.2) is 38.2 Å². The molecule has 3 N–H and O–H groups in total. The Morgan fingerprint density at radius 1 is 1.56 bits per heavy atom. The number of likely N-dealkylation sites (N-methyl/N-ethyl adjacent to an activating group) is 1. The molecule has 1 aliphatic heterocycles. The zero-order valence-corrected chi connectivity index (χ0v) is 10.6. The predicted octanol–water partition coefficient (Wildman–Crippen LogP) is -0.106. The van der Waals surface area contributed by atoms with Gasteiger partial charge in [-0.2, -0.15) is 0 Å². The second-order valence-corrected chi connectivity index (χ2v) is 4.42. The van der Waals surface area contributed by atoms with E-state index in [1.165, 1.54) is 0 Å². The lowest BCUT2D eigenvalue weighted by Gasteiger charge is -2.27. The first kappa shape index (κ1) is 12.8. The summed E-state index contributed by atoms with van der Waals surface area (Å²) >= 11 is 0. The summed E-state index contributed by atoms with van der Waals surface area (Å²) < 4.78 is 5.38. The van der Waals surface area contributed by atoms with Crippen LogP contribution in [0.5, 0.6) is 5.75 Å². The van der Waals surface area contributed by atoms with E-state index in [4.69, 9.17) is 10.6 Å². The number of nitrogens with one attached hydrogen (secondary N) is 1. The molecule has 1 amide bonds. The monoisotopic (exact) mass is 250 g/mol. The van der Waals surface area contributed by atoms with E-state index in [2.05, 4.69) is 5.43 Å². The Hall–Kier alpha value is -1.63. The maximum Gasteiger partial charge on any atom is 0.264 e. The minimum absolute atomic E-state index is 0.0309. The second kappa shape index (κ2) is 5.34. The fraction of sp³-hybridized carbons (Fsp3) is 0.417. The normalized spacial score (nSPS) is 14.7. The van der Waals surface area contributed by atoms with Crippen molar-refractivity contribution in [2.24, 2.45) is 5.84 Å². The van der Waals surface area contributed by atoms with Crippen LogP contribution in [0.25, 0.3) is 0 Å². The molecule has 0 saturated carbocycles. The molecule has 1 aromatic carbocycles. The van der Waals surface area contributed by atoms with Gasteiger partial charge in [-0.1, -0.05) is 6.07 Å².